The Labute approximate surface area is 182 Å². The highest BCUT2D eigenvalue weighted by Gasteiger charge is 2.23. The van der Waals surface area contributed by atoms with E-state index >= 15 is 0 Å². The Morgan fingerprint density at radius 2 is 1.71 bits per heavy atom. The number of rotatable bonds is 7. The fourth-order valence-corrected chi connectivity index (χ4v) is 4.88. The molecular formula is C21H26N6O3S. The Kier molecular flexibility index (Phi) is 6.19. The minimum absolute atomic E-state index is 0.268. The second kappa shape index (κ2) is 9.03. The maximum Gasteiger partial charge on any atom is 0.198 e. The monoisotopic (exact) mass is 442 g/mol. The van der Waals surface area contributed by atoms with E-state index in [-0.39, 0.29) is 10.8 Å². The first-order valence-corrected chi connectivity index (χ1v) is 11.8. The molecule has 3 aromatic rings. The number of methoxy groups -OCH3 is 1. The number of sulfone groups is 1. The normalized spacial score (nSPS) is 15.2. The van der Waals surface area contributed by atoms with E-state index in [2.05, 4.69) is 31.4 Å². The zero-order chi connectivity index (χ0) is 21.8. The summed E-state index contributed by atoms with van der Waals surface area (Å²) in [5.74, 6) is 1.13. The van der Waals surface area contributed by atoms with E-state index in [0.717, 1.165) is 43.2 Å². The van der Waals surface area contributed by atoms with Gasteiger partial charge in [0, 0.05) is 26.2 Å². The van der Waals surface area contributed by atoms with Crippen LogP contribution in [0.25, 0.3) is 0 Å². The number of hydrogen-bond donors (Lipinski definition) is 0. The Bertz CT molecular complexity index is 1120. The maximum absolute atomic E-state index is 12.8. The van der Waals surface area contributed by atoms with Crippen molar-refractivity contribution in [3.8, 4) is 5.75 Å². The van der Waals surface area contributed by atoms with E-state index in [0.29, 0.717) is 12.4 Å². The van der Waals surface area contributed by atoms with Crippen molar-refractivity contribution in [3.05, 3.63) is 59.9 Å². The highest BCUT2D eigenvalue weighted by atomic mass is 32.2. The zero-order valence-electron chi connectivity index (χ0n) is 17.7. The molecule has 0 unspecified atom stereocenters. The van der Waals surface area contributed by atoms with Gasteiger partial charge in [0.25, 0.3) is 0 Å². The summed E-state index contributed by atoms with van der Waals surface area (Å²) in [6, 6.07) is 14.8. The van der Waals surface area contributed by atoms with Crippen molar-refractivity contribution in [1.29, 1.82) is 0 Å². The molecule has 1 aromatic heterocycles. The summed E-state index contributed by atoms with van der Waals surface area (Å²) < 4.78 is 32.4. The first-order valence-electron chi connectivity index (χ1n) is 10.1. The van der Waals surface area contributed by atoms with Crippen LogP contribution in [-0.2, 0) is 22.3 Å². The smallest absolute Gasteiger partial charge is 0.198 e. The Morgan fingerprint density at radius 3 is 2.42 bits per heavy atom. The summed E-state index contributed by atoms with van der Waals surface area (Å²) in [6.07, 6.45) is 0. The number of tetrazole rings is 1. The van der Waals surface area contributed by atoms with E-state index in [9.17, 15) is 8.42 Å². The van der Waals surface area contributed by atoms with Crippen LogP contribution in [0.3, 0.4) is 0 Å². The fraction of sp³-hybridized carbons (Fsp3) is 0.381. The molecule has 0 aliphatic carbocycles. The molecule has 164 valence electrons. The van der Waals surface area contributed by atoms with Crippen LogP contribution in [0.4, 0.5) is 5.69 Å². The third kappa shape index (κ3) is 4.86. The van der Waals surface area contributed by atoms with Crippen LogP contribution >= 0.6 is 0 Å². The SMILES string of the molecule is COc1ccccc1N1CCN(Cc2nnnn2CS(=O)(=O)c2ccc(C)cc2)CC1. The summed E-state index contributed by atoms with van der Waals surface area (Å²) in [5.41, 5.74) is 2.09. The lowest BCUT2D eigenvalue weighted by Crippen LogP contribution is -2.46. The molecule has 9 nitrogen and oxygen atoms in total. The molecule has 0 saturated carbocycles. The van der Waals surface area contributed by atoms with Crippen molar-refractivity contribution in [2.75, 3.05) is 38.2 Å². The Hall–Kier alpha value is -2.98. The molecule has 0 spiro atoms. The summed E-state index contributed by atoms with van der Waals surface area (Å²) in [4.78, 5) is 4.79. The molecule has 1 aliphatic heterocycles. The van der Waals surface area contributed by atoms with Crippen LogP contribution in [0, 0.1) is 6.92 Å². The summed E-state index contributed by atoms with van der Waals surface area (Å²) in [5, 5.41) is 11.7. The van der Waals surface area contributed by atoms with Crippen molar-refractivity contribution in [2.24, 2.45) is 0 Å². The number of anilines is 1. The van der Waals surface area contributed by atoms with Crippen molar-refractivity contribution >= 4 is 15.5 Å². The van der Waals surface area contributed by atoms with E-state index in [1.165, 1.54) is 4.68 Å². The van der Waals surface area contributed by atoms with E-state index < -0.39 is 9.84 Å². The van der Waals surface area contributed by atoms with Gasteiger partial charge in [0.05, 0.1) is 24.2 Å². The third-order valence-electron chi connectivity index (χ3n) is 5.44. The molecule has 0 bridgehead atoms. The molecule has 31 heavy (non-hydrogen) atoms. The summed E-state index contributed by atoms with van der Waals surface area (Å²) in [6.45, 7) is 5.72. The predicted molar refractivity (Wildman–Crippen MR) is 117 cm³/mol. The molecule has 2 aromatic carbocycles. The number of para-hydroxylation sites is 2. The molecule has 10 heteroatoms. The highest BCUT2D eigenvalue weighted by Crippen LogP contribution is 2.28. The highest BCUT2D eigenvalue weighted by molar-refractivity contribution is 7.90. The Balaban J connectivity index is 1.40. The van der Waals surface area contributed by atoms with Crippen molar-refractivity contribution in [2.45, 2.75) is 24.2 Å². The van der Waals surface area contributed by atoms with Crippen LogP contribution in [-0.4, -0.2) is 66.8 Å². The van der Waals surface area contributed by atoms with E-state index in [1.54, 1.807) is 31.4 Å². The average Bonchev–Trinajstić information content (AvgIpc) is 3.20. The van der Waals surface area contributed by atoms with Gasteiger partial charge in [-0.1, -0.05) is 29.8 Å². The van der Waals surface area contributed by atoms with Gasteiger partial charge < -0.3 is 9.64 Å². The minimum atomic E-state index is -3.54. The van der Waals surface area contributed by atoms with Crippen molar-refractivity contribution in [1.82, 2.24) is 25.1 Å². The Morgan fingerprint density at radius 1 is 1.00 bits per heavy atom. The number of benzene rings is 2. The van der Waals surface area contributed by atoms with Crippen molar-refractivity contribution in [3.63, 3.8) is 0 Å². The predicted octanol–water partition coefficient (Wildman–Crippen LogP) is 1.74. The molecule has 2 heterocycles. The number of piperazine rings is 1. The average molecular weight is 443 g/mol. The minimum Gasteiger partial charge on any atom is -0.495 e. The van der Waals surface area contributed by atoms with Crippen LogP contribution < -0.4 is 9.64 Å². The maximum atomic E-state index is 12.8. The van der Waals surface area contributed by atoms with Gasteiger partial charge in [-0.15, -0.1) is 5.10 Å². The van der Waals surface area contributed by atoms with Crippen LogP contribution in [0.2, 0.25) is 0 Å². The molecule has 0 radical (unpaired) electrons. The fourth-order valence-electron chi connectivity index (χ4n) is 3.66. The molecule has 4 rings (SSSR count). The number of aryl methyl sites for hydroxylation is 1. The van der Waals surface area contributed by atoms with Gasteiger partial charge in [0.2, 0.25) is 0 Å². The van der Waals surface area contributed by atoms with Gasteiger partial charge in [-0.25, -0.2) is 13.1 Å². The molecule has 0 N–H and O–H groups in total. The number of aromatic nitrogens is 4. The molecular weight excluding hydrogens is 416 g/mol. The lowest BCUT2D eigenvalue weighted by atomic mass is 10.2. The van der Waals surface area contributed by atoms with Gasteiger partial charge >= 0.3 is 0 Å². The van der Waals surface area contributed by atoms with E-state index in [1.807, 2.05) is 25.1 Å². The number of nitrogens with zero attached hydrogens (tertiary/aromatic N) is 6. The first kappa shape index (κ1) is 21.3. The summed E-state index contributed by atoms with van der Waals surface area (Å²) >= 11 is 0. The standard InChI is InChI=1S/C21H26N6O3S/c1-17-7-9-18(10-8-17)31(28,29)16-27-21(22-23-24-27)15-25-11-13-26(14-12-25)19-5-3-4-6-20(19)30-2/h3-10H,11-16H2,1-2H3. The second-order valence-electron chi connectivity index (χ2n) is 7.59. The summed E-state index contributed by atoms with van der Waals surface area (Å²) in [7, 11) is -1.86. The van der Waals surface area contributed by atoms with Crippen LogP contribution in [0.15, 0.2) is 53.4 Å². The number of ether oxygens (including phenoxy) is 1. The lowest BCUT2D eigenvalue weighted by molar-refractivity contribution is 0.239. The topological polar surface area (TPSA) is 93.4 Å². The van der Waals surface area contributed by atoms with Gasteiger partial charge in [-0.2, -0.15) is 0 Å². The molecule has 0 amide bonds. The first-order chi connectivity index (χ1) is 15.0. The van der Waals surface area contributed by atoms with E-state index in [4.69, 9.17) is 4.74 Å². The largest absolute Gasteiger partial charge is 0.495 e. The second-order valence-corrected chi connectivity index (χ2v) is 9.55. The van der Waals surface area contributed by atoms with Gasteiger partial charge in [-0.3, -0.25) is 4.90 Å². The zero-order valence-corrected chi connectivity index (χ0v) is 18.5. The lowest BCUT2D eigenvalue weighted by Gasteiger charge is -2.36. The quantitative estimate of drug-likeness (QED) is 0.546. The van der Waals surface area contributed by atoms with Gasteiger partial charge in [0.15, 0.2) is 21.5 Å². The van der Waals surface area contributed by atoms with Crippen LogP contribution in [0.1, 0.15) is 11.4 Å². The molecule has 1 saturated heterocycles. The molecule has 0 atom stereocenters. The van der Waals surface area contributed by atoms with Crippen LogP contribution in [0.5, 0.6) is 5.75 Å². The third-order valence-corrected chi connectivity index (χ3v) is 7.02. The molecule has 1 fully saturated rings. The number of hydrogen-bond acceptors (Lipinski definition) is 8. The van der Waals surface area contributed by atoms with Gasteiger partial charge in [-0.05, 0) is 41.6 Å². The van der Waals surface area contributed by atoms with Gasteiger partial charge in [0.1, 0.15) is 5.75 Å². The molecule has 1 aliphatic rings. The van der Waals surface area contributed by atoms with Crippen molar-refractivity contribution < 1.29 is 13.2 Å².